The summed E-state index contributed by atoms with van der Waals surface area (Å²) in [6.45, 7) is 0. The third-order valence-corrected chi connectivity index (χ3v) is 1.87. The zero-order chi connectivity index (χ0) is 10.7. The van der Waals surface area contributed by atoms with E-state index in [1.807, 2.05) is 0 Å². The maximum atomic E-state index is 12.8. The summed E-state index contributed by atoms with van der Waals surface area (Å²) >= 11 is 4.68. The lowest BCUT2D eigenvalue weighted by Gasteiger charge is -2.05. The summed E-state index contributed by atoms with van der Waals surface area (Å²) in [6, 6.07) is 3.54. The number of halogens is 1. The summed E-state index contributed by atoms with van der Waals surface area (Å²) in [6.07, 6.45) is 0. The maximum Gasteiger partial charge on any atom is 0.338 e. The Hall–Kier alpha value is -1.49. The summed E-state index contributed by atoms with van der Waals surface area (Å²) in [5.41, 5.74) is 5.69. The van der Waals surface area contributed by atoms with Crippen LogP contribution in [0.2, 0.25) is 0 Å². The third kappa shape index (κ3) is 2.05. The molecule has 0 amide bonds. The van der Waals surface area contributed by atoms with Gasteiger partial charge in [-0.2, -0.15) is 0 Å². The molecule has 5 heteroatoms. The monoisotopic (exact) mass is 213 g/mol. The molecule has 0 fully saturated rings. The predicted molar refractivity (Wildman–Crippen MR) is 53.6 cm³/mol. The Morgan fingerprint density at radius 1 is 1.50 bits per heavy atom. The number of hydrogen-bond donors (Lipinski definition) is 1. The number of esters is 1. The Morgan fingerprint density at radius 2 is 2.14 bits per heavy atom. The number of ether oxygens (including phenoxy) is 1. The summed E-state index contributed by atoms with van der Waals surface area (Å²) in [7, 11) is 1.23. The van der Waals surface area contributed by atoms with Gasteiger partial charge in [0.15, 0.2) is 0 Å². The Bertz CT molecular complexity index is 392. The molecule has 14 heavy (non-hydrogen) atoms. The van der Waals surface area contributed by atoms with Crippen LogP contribution >= 0.6 is 12.2 Å². The molecule has 1 aromatic rings. The van der Waals surface area contributed by atoms with Crippen molar-refractivity contribution in [3.05, 3.63) is 35.1 Å². The molecule has 0 atom stereocenters. The van der Waals surface area contributed by atoms with Gasteiger partial charge < -0.3 is 10.5 Å². The van der Waals surface area contributed by atoms with Crippen LogP contribution in [0.3, 0.4) is 0 Å². The quantitative estimate of drug-likeness (QED) is 0.593. The van der Waals surface area contributed by atoms with Crippen LogP contribution in [0, 0.1) is 5.82 Å². The number of methoxy groups -OCH3 is 1. The highest BCUT2D eigenvalue weighted by atomic mass is 32.1. The first-order valence-corrected chi connectivity index (χ1v) is 4.14. The van der Waals surface area contributed by atoms with Gasteiger partial charge in [-0.15, -0.1) is 0 Å². The molecule has 0 bridgehead atoms. The molecular formula is C9H8FNO2S. The van der Waals surface area contributed by atoms with Crippen molar-refractivity contribution in [1.82, 2.24) is 0 Å². The van der Waals surface area contributed by atoms with E-state index in [-0.39, 0.29) is 16.1 Å². The van der Waals surface area contributed by atoms with Gasteiger partial charge in [0, 0.05) is 5.56 Å². The molecule has 0 aliphatic carbocycles. The third-order valence-electron chi connectivity index (χ3n) is 1.65. The van der Waals surface area contributed by atoms with Gasteiger partial charge in [-0.05, 0) is 18.2 Å². The summed E-state index contributed by atoms with van der Waals surface area (Å²) in [4.78, 5) is 11.2. The average Bonchev–Trinajstić information content (AvgIpc) is 2.16. The van der Waals surface area contributed by atoms with E-state index in [1.165, 1.54) is 13.2 Å². The van der Waals surface area contributed by atoms with Crippen LogP contribution in [0.1, 0.15) is 15.9 Å². The molecule has 0 radical (unpaired) electrons. The molecule has 0 aliphatic rings. The minimum absolute atomic E-state index is 0.0371. The zero-order valence-electron chi connectivity index (χ0n) is 7.41. The van der Waals surface area contributed by atoms with Crippen molar-refractivity contribution < 1.29 is 13.9 Å². The maximum absolute atomic E-state index is 12.8. The number of carbonyl (C=O) groups is 1. The van der Waals surface area contributed by atoms with E-state index < -0.39 is 11.8 Å². The van der Waals surface area contributed by atoms with Crippen LogP contribution in [0.4, 0.5) is 4.39 Å². The van der Waals surface area contributed by atoms with Crippen molar-refractivity contribution in [3.63, 3.8) is 0 Å². The molecular weight excluding hydrogens is 205 g/mol. The molecule has 0 saturated carbocycles. The second-order valence-corrected chi connectivity index (χ2v) is 2.99. The Balaban J connectivity index is 3.28. The van der Waals surface area contributed by atoms with Crippen molar-refractivity contribution in [2.75, 3.05) is 7.11 Å². The minimum atomic E-state index is -0.590. The molecule has 74 valence electrons. The summed E-state index contributed by atoms with van der Waals surface area (Å²) in [5, 5.41) is 0. The van der Waals surface area contributed by atoms with Crippen molar-refractivity contribution in [3.8, 4) is 0 Å². The molecule has 0 heterocycles. The zero-order valence-corrected chi connectivity index (χ0v) is 8.23. The SMILES string of the molecule is COC(=O)c1ccc(F)cc1C(N)=S. The largest absolute Gasteiger partial charge is 0.465 e. The molecule has 0 spiro atoms. The van der Waals surface area contributed by atoms with Crippen LogP contribution < -0.4 is 5.73 Å². The average molecular weight is 213 g/mol. The topological polar surface area (TPSA) is 52.3 Å². The lowest BCUT2D eigenvalue weighted by atomic mass is 10.1. The van der Waals surface area contributed by atoms with Gasteiger partial charge in [0.1, 0.15) is 10.8 Å². The molecule has 1 aromatic carbocycles. The van der Waals surface area contributed by atoms with Crippen LogP contribution in [0.15, 0.2) is 18.2 Å². The van der Waals surface area contributed by atoms with Crippen LogP contribution in [0.25, 0.3) is 0 Å². The van der Waals surface area contributed by atoms with E-state index in [1.54, 1.807) is 0 Å². The predicted octanol–water partition coefficient (Wildman–Crippen LogP) is 1.25. The smallest absolute Gasteiger partial charge is 0.338 e. The number of nitrogens with two attached hydrogens (primary N) is 1. The Kier molecular flexibility index (Phi) is 3.14. The van der Waals surface area contributed by atoms with Gasteiger partial charge in [-0.3, -0.25) is 0 Å². The van der Waals surface area contributed by atoms with E-state index in [0.29, 0.717) is 0 Å². The van der Waals surface area contributed by atoms with E-state index in [2.05, 4.69) is 17.0 Å². The van der Waals surface area contributed by atoms with Crippen molar-refractivity contribution in [2.45, 2.75) is 0 Å². The molecule has 1 rings (SSSR count). The number of benzene rings is 1. The van der Waals surface area contributed by atoms with Crippen LogP contribution in [-0.2, 0) is 4.74 Å². The molecule has 0 aromatic heterocycles. The highest BCUT2D eigenvalue weighted by Crippen LogP contribution is 2.12. The number of hydrogen-bond acceptors (Lipinski definition) is 3. The van der Waals surface area contributed by atoms with E-state index in [0.717, 1.165) is 12.1 Å². The van der Waals surface area contributed by atoms with Gasteiger partial charge in [0.25, 0.3) is 0 Å². The molecule has 3 nitrogen and oxygen atoms in total. The van der Waals surface area contributed by atoms with Gasteiger partial charge in [0.2, 0.25) is 0 Å². The second kappa shape index (κ2) is 4.15. The Morgan fingerprint density at radius 3 is 2.64 bits per heavy atom. The Labute approximate surface area is 85.7 Å². The molecule has 2 N–H and O–H groups in total. The van der Waals surface area contributed by atoms with E-state index in [9.17, 15) is 9.18 Å². The molecule has 0 saturated heterocycles. The first kappa shape index (κ1) is 10.6. The summed E-state index contributed by atoms with van der Waals surface area (Å²) in [5.74, 6) is -1.09. The molecule has 0 aliphatic heterocycles. The van der Waals surface area contributed by atoms with E-state index in [4.69, 9.17) is 5.73 Å². The standard InChI is InChI=1S/C9H8FNO2S/c1-13-9(12)6-3-2-5(10)4-7(6)8(11)14/h2-4H,1H3,(H2,11,14). The fourth-order valence-electron chi connectivity index (χ4n) is 1.01. The minimum Gasteiger partial charge on any atom is -0.465 e. The van der Waals surface area contributed by atoms with Crippen molar-refractivity contribution in [1.29, 1.82) is 0 Å². The highest BCUT2D eigenvalue weighted by molar-refractivity contribution is 7.80. The van der Waals surface area contributed by atoms with Gasteiger partial charge in [-0.1, -0.05) is 12.2 Å². The van der Waals surface area contributed by atoms with Gasteiger partial charge in [-0.25, -0.2) is 9.18 Å². The summed E-state index contributed by atoms with van der Waals surface area (Å²) < 4.78 is 17.3. The molecule has 0 unspecified atom stereocenters. The highest BCUT2D eigenvalue weighted by Gasteiger charge is 2.13. The van der Waals surface area contributed by atoms with Gasteiger partial charge >= 0.3 is 5.97 Å². The lowest BCUT2D eigenvalue weighted by molar-refractivity contribution is 0.0600. The van der Waals surface area contributed by atoms with Crippen LogP contribution in [0.5, 0.6) is 0 Å². The lowest BCUT2D eigenvalue weighted by Crippen LogP contribution is -2.16. The normalized spacial score (nSPS) is 9.57. The van der Waals surface area contributed by atoms with Crippen molar-refractivity contribution in [2.24, 2.45) is 5.73 Å². The fraction of sp³-hybridized carbons (Fsp3) is 0.111. The number of thiocarbonyl (C=S) groups is 1. The van der Waals surface area contributed by atoms with E-state index >= 15 is 0 Å². The van der Waals surface area contributed by atoms with Gasteiger partial charge in [0.05, 0.1) is 12.7 Å². The number of rotatable bonds is 2. The first-order valence-electron chi connectivity index (χ1n) is 3.74. The van der Waals surface area contributed by atoms with Crippen molar-refractivity contribution >= 4 is 23.2 Å². The number of carbonyl (C=O) groups excluding carboxylic acids is 1. The second-order valence-electron chi connectivity index (χ2n) is 2.55. The van der Waals surface area contributed by atoms with Crippen LogP contribution in [-0.4, -0.2) is 18.1 Å². The first-order chi connectivity index (χ1) is 6.56. The fourth-order valence-corrected chi connectivity index (χ4v) is 1.18.